The summed E-state index contributed by atoms with van der Waals surface area (Å²) in [6.07, 6.45) is -3.21. The van der Waals surface area contributed by atoms with E-state index >= 15 is 0 Å². The van der Waals surface area contributed by atoms with Crippen molar-refractivity contribution in [1.82, 2.24) is 24.7 Å². The number of fused-ring (bicyclic) bond motifs is 3. The Bertz CT molecular complexity index is 774. The van der Waals surface area contributed by atoms with Gasteiger partial charge in [-0.15, -0.1) is 10.2 Å². The number of halogens is 4. The number of aromatic nitrogens is 5. The zero-order chi connectivity index (χ0) is 17.7. The lowest BCUT2D eigenvalue weighted by Gasteiger charge is -2.45. The lowest BCUT2D eigenvalue weighted by atomic mass is 9.92. The van der Waals surface area contributed by atoms with Crippen LogP contribution in [0.4, 0.5) is 19.0 Å². The minimum absolute atomic E-state index is 0.0154. The smallest absolute Gasteiger partial charge is 0.342 e. The molecule has 0 amide bonds. The molecular weight excluding hydrogens is 345 g/mol. The molecule has 130 valence electrons. The van der Waals surface area contributed by atoms with Gasteiger partial charge in [0.25, 0.3) is 0 Å². The van der Waals surface area contributed by atoms with Crippen LogP contribution in [0.1, 0.15) is 38.3 Å². The first kappa shape index (κ1) is 16.9. The summed E-state index contributed by atoms with van der Waals surface area (Å²) in [6.45, 7) is 5.25. The molecule has 3 heterocycles. The first-order valence-corrected chi connectivity index (χ1v) is 7.85. The van der Waals surface area contributed by atoms with Gasteiger partial charge in [0.1, 0.15) is 11.5 Å². The molecule has 1 aliphatic heterocycles. The van der Waals surface area contributed by atoms with E-state index in [1.807, 2.05) is 13.8 Å². The van der Waals surface area contributed by atoms with Gasteiger partial charge < -0.3 is 4.90 Å². The van der Waals surface area contributed by atoms with E-state index < -0.39 is 18.1 Å². The summed E-state index contributed by atoms with van der Waals surface area (Å²) in [7, 11) is 0. The summed E-state index contributed by atoms with van der Waals surface area (Å²) in [5.41, 5.74) is -0.248. The standard InChI is InChI=1S/C14H16ClF3N6/c1-4-13(3)11-22-21-8(2)24(11)9-7-19-12(15)20-10(9)23(13)6-5-14(16,17)18/h7H,4-6H2,1-3H3. The van der Waals surface area contributed by atoms with E-state index in [9.17, 15) is 13.2 Å². The maximum absolute atomic E-state index is 12.8. The Morgan fingerprint density at radius 2 is 2.00 bits per heavy atom. The van der Waals surface area contributed by atoms with E-state index in [-0.39, 0.29) is 11.8 Å². The molecule has 2 aromatic rings. The van der Waals surface area contributed by atoms with Crippen molar-refractivity contribution < 1.29 is 13.2 Å². The van der Waals surface area contributed by atoms with Gasteiger partial charge in [0.15, 0.2) is 11.6 Å². The average Bonchev–Trinajstić information content (AvgIpc) is 2.88. The fourth-order valence-electron chi connectivity index (χ4n) is 3.00. The van der Waals surface area contributed by atoms with Gasteiger partial charge in [-0.2, -0.15) is 18.2 Å². The van der Waals surface area contributed by atoms with Crippen LogP contribution in [0.5, 0.6) is 0 Å². The Kier molecular flexibility index (Phi) is 3.94. The predicted molar refractivity (Wildman–Crippen MR) is 82.4 cm³/mol. The second-order valence-corrected chi connectivity index (χ2v) is 6.24. The third-order valence-corrected chi connectivity index (χ3v) is 4.61. The van der Waals surface area contributed by atoms with Gasteiger partial charge in [-0.05, 0) is 31.9 Å². The van der Waals surface area contributed by atoms with Crippen LogP contribution < -0.4 is 4.90 Å². The largest absolute Gasteiger partial charge is 0.390 e. The molecule has 0 radical (unpaired) electrons. The zero-order valence-electron chi connectivity index (χ0n) is 13.4. The Labute approximate surface area is 141 Å². The number of anilines is 1. The maximum atomic E-state index is 12.8. The van der Waals surface area contributed by atoms with Crippen LogP contribution in [0.2, 0.25) is 5.28 Å². The second-order valence-electron chi connectivity index (χ2n) is 5.90. The highest BCUT2D eigenvalue weighted by Gasteiger charge is 2.45. The van der Waals surface area contributed by atoms with E-state index in [0.717, 1.165) is 0 Å². The number of rotatable bonds is 3. The van der Waals surface area contributed by atoms with Crippen molar-refractivity contribution >= 4 is 17.4 Å². The van der Waals surface area contributed by atoms with Gasteiger partial charge in [-0.3, -0.25) is 4.57 Å². The molecule has 0 aliphatic carbocycles. The second kappa shape index (κ2) is 5.58. The molecule has 0 N–H and O–H groups in total. The first-order chi connectivity index (χ1) is 11.2. The summed E-state index contributed by atoms with van der Waals surface area (Å²) in [6, 6.07) is 0. The molecule has 0 bridgehead atoms. The fourth-order valence-corrected chi connectivity index (χ4v) is 3.12. The monoisotopic (exact) mass is 360 g/mol. The first-order valence-electron chi connectivity index (χ1n) is 7.47. The van der Waals surface area contributed by atoms with Crippen LogP contribution in [0, 0.1) is 6.92 Å². The number of hydrogen-bond acceptors (Lipinski definition) is 5. The highest BCUT2D eigenvalue weighted by molar-refractivity contribution is 6.28. The molecule has 0 fully saturated rings. The molecule has 1 atom stereocenters. The van der Waals surface area contributed by atoms with E-state index in [0.29, 0.717) is 29.6 Å². The molecule has 1 aliphatic rings. The molecule has 0 saturated carbocycles. The van der Waals surface area contributed by atoms with Crippen molar-refractivity contribution in [2.75, 3.05) is 11.4 Å². The zero-order valence-corrected chi connectivity index (χ0v) is 14.1. The minimum atomic E-state index is -4.27. The number of nitrogens with zero attached hydrogens (tertiary/aromatic N) is 6. The molecule has 0 aromatic carbocycles. The summed E-state index contributed by atoms with van der Waals surface area (Å²) >= 11 is 5.90. The molecule has 3 rings (SSSR count). The molecular formula is C14H16ClF3N6. The highest BCUT2D eigenvalue weighted by atomic mass is 35.5. The Hall–Kier alpha value is -1.90. The number of hydrogen-bond donors (Lipinski definition) is 0. The van der Waals surface area contributed by atoms with Gasteiger partial charge in [0, 0.05) is 6.54 Å². The van der Waals surface area contributed by atoms with E-state index in [4.69, 9.17) is 11.6 Å². The van der Waals surface area contributed by atoms with E-state index in [1.54, 1.807) is 16.4 Å². The van der Waals surface area contributed by atoms with Crippen LogP contribution in [0.25, 0.3) is 5.69 Å². The van der Waals surface area contributed by atoms with Crippen molar-refractivity contribution in [3.63, 3.8) is 0 Å². The third-order valence-electron chi connectivity index (χ3n) is 4.43. The maximum Gasteiger partial charge on any atom is 0.390 e. The van der Waals surface area contributed by atoms with Crippen molar-refractivity contribution in [2.45, 2.75) is 45.3 Å². The molecule has 0 spiro atoms. The normalized spacial score (nSPS) is 20.0. The van der Waals surface area contributed by atoms with Crippen LogP contribution in [-0.4, -0.2) is 37.5 Å². The van der Waals surface area contributed by atoms with Crippen LogP contribution in [0.15, 0.2) is 6.20 Å². The lowest BCUT2D eigenvalue weighted by Crippen LogP contribution is -2.50. The van der Waals surface area contributed by atoms with E-state index in [2.05, 4.69) is 20.2 Å². The summed E-state index contributed by atoms with van der Waals surface area (Å²) < 4.78 is 40.2. The predicted octanol–water partition coefficient (Wildman–Crippen LogP) is 3.42. The Morgan fingerprint density at radius 1 is 1.29 bits per heavy atom. The Morgan fingerprint density at radius 3 is 2.62 bits per heavy atom. The van der Waals surface area contributed by atoms with Gasteiger partial charge in [0.2, 0.25) is 5.28 Å². The highest BCUT2D eigenvalue weighted by Crippen LogP contribution is 2.43. The van der Waals surface area contributed by atoms with Crippen molar-refractivity contribution in [3.8, 4) is 5.69 Å². The lowest BCUT2D eigenvalue weighted by molar-refractivity contribution is -0.133. The van der Waals surface area contributed by atoms with E-state index in [1.165, 1.54) is 6.20 Å². The summed E-state index contributed by atoms with van der Waals surface area (Å²) in [5.74, 6) is 1.55. The minimum Gasteiger partial charge on any atom is -0.342 e. The SMILES string of the molecule is CCC1(C)c2nnc(C)n2-c2cnc(Cl)nc2N1CCC(F)(F)F. The number of alkyl halides is 3. The fraction of sp³-hybridized carbons (Fsp3) is 0.571. The van der Waals surface area contributed by atoms with Crippen LogP contribution in [-0.2, 0) is 5.54 Å². The molecule has 6 nitrogen and oxygen atoms in total. The molecule has 24 heavy (non-hydrogen) atoms. The van der Waals surface area contributed by atoms with Crippen molar-refractivity contribution in [1.29, 1.82) is 0 Å². The van der Waals surface area contributed by atoms with Gasteiger partial charge in [-0.1, -0.05) is 6.92 Å². The molecule has 0 saturated heterocycles. The number of aryl methyl sites for hydroxylation is 1. The van der Waals surface area contributed by atoms with Gasteiger partial charge in [0.05, 0.1) is 18.2 Å². The molecule has 10 heteroatoms. The Balaban J connectivity index is 2.19. The summed E-state index contributed by atoms with van der Waals surface area (Å²) in [4.78, 5) is 9.76. The molecule has 1 unspecified atom stereocenters. The quantitative estimate of drug-likeness (QED) is 0.785. The van der Waals surface area contributed by atoms with Gasteiger partial charge >= 0.3 is 6.18 Å². The van der Waals surface area contributed by atoms with Crippen molar-refractivity contribution in [3.05, 3.63) is 23.1 Å². The topological polar surface area (TPSA) is 59.7 Å². The van der Waals surface area contributed by atoms with Crippen molar-refractivity contribution in [2.24, 2.45) is 0 Å². The van der Waals surface area contributed by atoms with Crippen LogP contribution >= 0.6 is 11.6 Å². The van der Waals surface area contributed by atoms with Gasteiger partial charge in [-0.25, -0.2) is 4.98 Å². The summed E-state index contributed by atoms with van der Waals surface area (Å²) in [5, 5.41) is 8.26. The van der Waals surface area contributed by atoms with Crippen LogP contribution in [0.3, 0.4) is 0 Å². The molecule has 2 aromatic heterocycles. The average molecular weight is 361 g/mol. The third kappa shape index (κ3) is 2.60.